The molecule has 0 aromatic heterocycles. The second-order valence-corrected chi connectivity index (χ2v) is 4.50. The van der Waals surface area contributed by atoms with E-state index < -0.39 is 0 Å². The molecule has 0 aliphatic carbocycles. The summed E-state index contributed by atoms with van der Waals surface area (Å²) in [6.07, 6.45) is 2.32. The molecule has 0 heterocycles. The Morgan fingerprint density at radius 3 is 2.76 bits per heavy atom. The van der Waals surface area contributed by atoms with Crippen molar-refractivity contribution < 1.29 is 19.1 Å². The monoisotopic (exact) mass is 314 g/mol. The number of hydrogen-bond donors (Lipinski definition) is 1. The van der Waals surface area contributed by atoms with Gasteiger partial charge >= 0.3 is 0 Å². The lowest BCUT2D eigenvalue weighted by Gasteiger charge is -2.09. The maximum atomic E-state index is 11.3. The van der Waals surface area contributed by atoms with E-state index in [9.17, 15) is 4.79 Å². The molecule has 1 amide bonds. The molecule has 0 saturated heterocycles. The number of nitrogens with one attached hydrogen (secondary N) is 1. The lowest BCUT2D eigenvalue weighted by Crippen LogP contribution is -2.27. The van der Waals surface area contributed by atoms with Crippen LogP contribution in [-0.4, -0.2) is 39.5 Å². The summed E-state index contributed by atoms with van der Waals surface area (Å²) in [4.78, 5) is 16.2. The highest BCUT2D eigenvalue weighted by molar-refractivity contribution is 6.32. The number of ether oxygens (including phenoxy) is 2. The fourth-order valence-electron chi connectivity index (χ4n) is 1.52. The quantitative estimate of drug-likeness (QED) is 0.590. The lowest BCUT2D eigenvalue weighted by molar-refractivity contribution is -0.125. The second kappa shape index (κ2) is 9.07. The number of methoxy groups -OCH3 is 2. The number of amides is 1. The summed E-state index contributed by atoms with van der Waals surface area (Å²) < 4.78 is 10.3. The van der Waals surface area contributed by atoms with Crippen LogP contribution in [0.3, 0.4) is 0 Å². The Balaban J connectivity index is 2.60. The number of carbonyl (C=O) groups is 1. The first-order valence-electron chi connectivity index (χ1n) is 6.45. The molecule has 0 aliphatic rings. The highest BCUT2D eigenvalue weighted by Gasteiger charge is 2.10. The topological polar surface area (TPSA) is 69.2 Å². The van der Waals surface area contributed by atoms with Crippen molar-refractivity contribution in [1.29, 1.82) is 0 Å². The summed E-state index contributed by atoms with van der Waals surface area (Å²) in [5.41, 5.74) is 0.673. The fourth-order valence-corrected chi connectivity index (χ4v) is 1.82. The van der Waals surface area contributed by atoms with Gasteiger partial charge in [0.2, 0.25) is 0 Å². The number of carbonyl (C=O) groups excluding carboxylic acids is 1. The minimum Gasteiger partial charge on any atom is -0.493 e. The first-order valence-corrected chi connectivity index (χ1v) is 6.83. The zero-order valence-electron chi connectivity index (χ0n) is 12.3. The van der Waals surface area contributed by atoms with Gasteiger partial charge in [0.05, 0.1) is 25.5 Å². The van der Waals surface area contributed by atoms with Crippen molar-refractivity contribution in [1.82, 2.24) is 5.32 Å². The Labute approximate surface area is 129 Å². The van der Waals surface area contributed by atoms with E-state index in [1.54, 1.807) is 12.1 Å². The van der Waals surface area contributed by atoms with Crippen molar-refractivity contribution >= 4 is 23.7 Å². The molecule has 7 heteroatoms. The molecule has 6 nitrogen and oxygen atoms in total. The fraction of sp³-hybridized carbons (Fsp3) is 0.429. The SMILES string of the molecule is CCCNC(=O)CO/N=C\c1cc(Cl)c(OC)c(OC)c1. The van der Waals surface area contributed by atoms with Crippen molar-refractivity contribution in [2.24, 2.45) is 5.16 Å². The van der Waals surface area contributed by atoms with Gasteiger partial charge in [-0.3, -0.25) is 4.79 Å². The second-order valence-electron chi connectivity index (χ2n) is 4.10. The Morgan fingerprint density at radius 2 is 2.14 bits per heavy atom. The molecule has 0 radical (unpaired) electrons. The molecule has 0 saturated carbocycles. The third-order valence-corrected chi connectivity index (χ3v) is 2.78. The van der Waals surface area contributed by atoms with Crippen molar-refractivity contribution in [3.63, 3.8) is 0 Å². The van der Waals surface area contributed by atoms with E-state index in [4.69, 9.17) is 25.9 Å². The summed E-state index contributed by atoms with van der Waals surface area (Å²) in [5, 5.41) is 6.80. The van der Waals surface area contributed by atoms with Crippen molar-refractivity contribution in [3.05, 3.63) is 22.7 Å². The average Bonchev–Trinajstić information content (AvgIpc) is 2.48. The summed E-state index contributed by atoms with van der Waals surface area (Å²) in [7, 11) is 3.03. The Hall–Kier alpha value is -1.95. The summed E-state index contributed by atoms with van der Waals surface area (Å²) >= 11 is 6.06. The number of oxime groups is 1. The number of hydrogen-bond acceptors (Lipinski definition) is 5. The lowest BCUT2D eigenvalue weighted by atomic mass is 10.2. The minimum absolute atomic E-state index is 0.127. The van der Waals surface area contributed by atoms with Gasteiger partial charge in [-0.25, -0.2) is 0 Å². The van der Waals surface area contributed by atoms with Crippen LogP contribution in [0.4, 0.5) is 0 Å². The van der Waals surface area contributed by atoms with Crippen LogP contribution in [0.1, 0.15) is 18.9 Å². The molecule has 21 heavy (non-hydrogen) atoms. The molecule has 0 atom stereocenters. The maximum Gasteiger partial charge on any atom is 0.260 e. The van der Waals surface area contributed by atoms with Crippen molar-refractivity contribution in [2.45, 2.75) is 13.3 Å². The molecule has 0 unspecified atom stereocenters. The molecular weight excluding hydrogens is 296 g/mol. The molecule has 116 valence electrons. The van der Waals surface area contributed by atoms with Crippen LogP contribution in [0, 0.1) is 0 Å². The minimum atomic E-state index is -0.209. The molecular formula is C14H19ClN2O4. The predicted octanol–water partition coefficient (Wildman–Crippen LogP) is 2.23. The van der Waals surface area contributed by atoms with E-state index >= 15 is 0 Å². The molecule has 1 aromatic carbocycles. The Morgan fingerprint density at radius 1 is 1.38 bits per heavy atom. The van der Waals surface area contributed by atoms with Crippen LogP contribution >= 0.6 is 11.6 Å². The van der Waals surface area contributed by atoms with Gasteiger partial charge in [-0.2, -0.15) is 0 Å². The first kappa shape index (κ1) is 17.1. The van der Waals surface area contributed by atoms with Gasteiger partial charge in [0.1, 0.15) is 0 Å². The Bertz CT molecular complexity index is 506. The molecule has 0 bridgehead atoms. The number of rotatable bonds is 8. The zero-order valence-corrected chi connectivity index (χ0v) is 13.1. The molecule has 0 fully saturated rings. The van der Waals surface area contributed by atoms with Gasteiger partial charge in [0, 0.05) is 12.1 Å². The van der Waals surface area contributed by atoms with Crippen LogP contribution in [-0.2, 0) is 9.63 Å². The van der Waals surface area contributed by atoms with E-state index in [0.717, 1.165) is 6.42 Å². The van der Waals surface area contributed by atoms with Crippen LogP contribution in [0.2, 0.25) is 5.02 Å². The maximum absolute atomic E-state index is 11.3. The van der Waals surface area contributed by atoms with Crippen LogP contribution in [0.5, 0.6) is 11.5 Å². The number of benzene rings is 1. The third kappa shape index (κ3) is 5.51. The van der Waals surface area contributed by atoms with E-state index in [-0.39, 0.29) is 12.5 Å². The highest BCUT2D eigenvalue weighted by Crippen LogP contribution is 2.35. The van der Waals surface area contributed by atoms with Gasteiger partial charge in [-0.15, -0.1) is 0 Å². The van der Waals surface area contributed by atoms with E-state index in [2.05, 4.69) is 10.5 Å². The van der Waals surface area contributed by atoms with Crippen LogP contribution in [0.25, 0.3) is 0 Å². The normalized spacial score (nSPS) is 10.5. The molecule has 0 spiro atoms. The first-order chi connectivity index (χ1) is 10.1. The standard InChI is InChI=1S/C14H19ClN2O4/c1-4-5-16-13(18)9-21-17-8-10-6-11(15)14(20-3)12(7-10)19-2/h6-8H,4-5,9H2,1-3H3,(H,16,18)/b17-8-. The highest BCUT2D eigenvalue weighted by atomic mass is 35.5. The summed E-state index contributed by atoms with van der Waals surface area (Å²) in [6.45, 7) is 2.47. The van der Waals surface area contributed by atoms with Gasteiger partial charge in [0.25, 0.3) is 5.91 Å². The van der Waals surface area contributed by atoms with E-state index in [1.807, 2.05) is 6.92 Å². The predicted molar refractivity (Wildman–Crippen MR) is 81.4 cm³/mol. The number of nitrogens with zero attached hydrogens (tertiary/aromatic N) is 1. The van der Waals surface area contributed by atoms with E-state index in [1.165, 1.54) is 20.4 Å². The van der Waals surface area contributed by atoms with Gasteiger partial charge in [0.15, 0.2) is 18.1 Å². The molecule has 1 aromatic rings. The third-order valence-electron chi connectivity index (χ3n) is 2.50. The van der Waals surface area contributed by atoms with Gasteiger partial charge < -0.3 is 19.6 Å². The Kier molecular flexibility index (Phi) is 7.39. The van der Waals surface area contributed by atoms with E-state index in [0.29, 0.717) is 28.6 Å². The molecule has 0 aliphatic heterocycles. The summed E-state index contributed by atoms with van der Waals surface area (Å²) in [6, 6.07) is 3.36. The van der Waals surface area contributed by atoms with Crippen molar-refractivity contribution in [2.75, 3.05) is 27.4 Å². The summed E-state index contributed by atoms with van der Waals surface area (Å²) in [5.74, 6) is 0.739. The van der Waals surface area contributed by atoms with Crippen LogP contribution < -0.4 is 14.8 Å². The smallest absolute Gasteiger partial charge is 0.260 e. The largest absolute Gasteiger partial charge is 0.493 e. The van der Waals surface area contributed by atoms with Gasteiger partial charge in [-0.1, -0.05) is 23.7 Å². The zero-order chi connectivity index (χ0) is 15.7. The van der Waals surface area contributed by atoms with Crippen molar-refractivity contribution in [3.8, 4) is 11.5 Å². The number of halogens is 1. The van der Waals surface area contributed by atoms with Gasteiger partial charge in [-0.05, 0) is 18.6 Å². The molecule has 1 rings (SSSR count). The molecule has 1 N–H and O–H groups in total. The van der Waals surface area contributed by atoms with Crippen LogP contribution in [0.15, 0.2) is 17.3 Å². The average molecular weight is 315 g/mol.